The maximum atomic E-state index is 12.4. The van der Waals surface area contributed by atoms with E-state index in [0.717, 1.165) is 0 Å². The first-order valence-electron chi connectivity index (χ1n) is 6.77. The second-order valence-corrected chi connectivity index (χ2v) is 4.92. The van der Waals surface area contributed by atoms with E-state index in [1.165, 1.54) is 4.57 Å². The number of hydrogen-bond acceptors (Lipinski definition) is 5. The van der Waals surface area contributed by atoms with Gasteiger partial charge in [-0.05, 0) is 12.1 Å². The minimum atomic E-state index is -0.557. The zero-order valence-corrected chi connectivity index (χ0v) is 11.4. The third-order valence-corrected chi connectivity index (χ3v) is 3.63. The monoisotopic (exact) mass is 292 g/mol. The summed E-state index contributed by atoms with van der Waals surface area (Å²) in [5.74, 6) is -0.788. The molecule has 1 aromatic heterocycles. The van der Waals surface area contributed by atoms with E-state index in [4.69, 9.17) is 9.15 Å². The van der Waals surface area contributed by atoms with Gasteiger partial charge in [-0.15, -0.1) is 0 Å². The van der Waals surface area contributed by atoms with Crippen molar-refractivity contribution in [2.24, 2.45) is 0 Å². The summed E-state index contributed by atoms with van der Waals surface area (Å²) in [6.07, 6.45) is 0. The Morgan fingerprint density at radius 2 is 2.19 bits per heavy atom. The predicted octanol–water partition coefficient (Wildman–Crippen LogP) is -0.186. The third kappa shape index (κ3) is 2.57. The van der Waals surface area contributed by atoms with Crippen molar-refractivity contribution in [2.45, 2.75) is 12.6 Å². The second-order valence-electron chi connectivity index (χ2n) is 4.92. The first-order valence-corrected chi connectivity index (χ1v) is 6.77. The zero-order valence-electron chi connectivity index (χ0n) is 11.4. The van der Waals surface area contributed by atoms with E-state index in [1.54, 1.807) is 29.2 Å². The molecule has 21 heavy (non-hydrogen) atoms. The number of aromatic nitrogens is 1. The molecule has 1 aliphatic heterocycles. The fraction of sp³-hybridized carbons (Fsp3) is 0.429. The SMILES string of the molecule is O=C(Cn1c(=O)oc2ccccc21)N1CCOCC1CO. The number of para-hydroxylation sites is 2. The highest BCUT2D eigenvalue weighted by atomic mass is 16.5. The van der Waals surface area contributed by atoms with Crippen LogP contribution < -0.4 is 5.76 Å². The molecule has 1 fully saturated rings. The lowest BCUT2D eigenvalue weighted by Gasteiger charge is -2.34. The highest BCUT2D eigenvalue weighted by Gasteiger charge is 2.27. The summed E-state index contributed by atoms with van der Waals surface area (Å²) in [5, 5.41) is 9.30. The van der Waals surface area contributed by atoms with Crippen molar-refractivity contribution >= 4 is 17.0 Å². The largest absolute Gasteiger partial charge is 0.420 e. The minimum Gasteiger partial charge on any atom is -0.408 e. The van der Waals surface area contributed by atoms with Crippen LogP contribution >= 0.6 is 0 Å². The predicted molar refractivity (Wildman–Crippen MR) is 73.9 cm³/mol. The van der Waals surface area contributed by atoms with Crippen molar-refractivity contribution < 1.29 is 19.1 Å². The number of nitrogens with zero attached hydrogens (tertiary/aromatic N) is 2. The van der Waals surface area contributed by atoms with E-state index in [0.29, 0.717) is 30.9 Å². The Balaban J connectivity index is 1.86. The third-order valence-electron chi connectivity index (χ3n) is 3.63. The van der Waals surface area contributed by atoms with Crippen LogP contribution in [0.4, 0.5) is 0 Å². The van der Waals surface area contributed by atoms with Crippen molar-refractivity contribution in [3.05, 3.63) is 34.8 Å². The first-order chi connectivity index (χ1) is 10.2. The number of carbonyl (C=O) groups excluding carboxylic acids is 1. The van der Waals surface area contributed by atoms with Crippen LogP contribution in [0.15, 0.2) is 33.5 Å². The molecular formula is C14H16N2O5. The molecule has 1 amide bonds. The van der Waals surface area contributed by atoms with Gasteiger partial charge in [-0.2, -0.15) is 0 Å². The molecule has 1 aliphatic rings. The van der Waals surface area contributed by atoms with Crippen LogP contribution in [-0.2, 0) is 16.1 Å². The molecule has 112 valence electrons. The van der Waals surface area contributed by atoms with Gasteiger partial charge in [0.15, 0.2) is 5.58 Å². The summed E-state index contributed by atoms with van der Waals surface area (Å²) in [7, 11) is 0. The average molecular weight is 292 g/mol. The summed E-state index contributed by atoms with van der Waals surface area (Å²) < 4.78 is 11.7. The van der Waals surface area contributed by atoms with E-state index in [-0.39, 0.29) is 25.1 Å². The molecule has 3 rings (SSSR count). The van der Waals surface area contributed by atoms with Crippen molar-refractivity contribution in [1.82, 2.24) is 9.47 Å². The number of rotatable bonds is 3. The summed E-state index contributed by atoms with van der Waals surface area (Å²) in [5.41, 5.74) is 1.04. The smallest absolute Gasteiger partial charge is 0.408 e. The summed E-state index contributed by atoms with van der Waals surface area (Å²) in [6, 6.07) is 6.60. The van der Waals surface area contributed by atoms with Crippen molar-refractivity contribution in [1.29, 1.82) is 0 Å². The molecule has 1 N–H and O–H groups in total. The number of fused-ring (bicyclic) bond motifs is 1. The van der Waals surface area contributed by atoms with E-state index in [2.05, 4.69) is 0 Å². The molecule has 1 saturated heterocycles. The van der Waals surface area contributed by atoms with Gasteiger partial charge in [0.25, 0.3) is 0 Å². The number of aliphatic hydroxyl groups excluding tert-OH is 1. The highest BCUT2D eigenvalue weighted by molar-refractivity contribution is 5.80. The lowest BCUT2D eigenvalue weighted by atomic mass is 10.2. The molecule has 1 atom stereocenters. The average Bonchev–Trinajstić information content (AvgIpc) is 2.83. The van der Waals surface area contributed by atoms with Gasteiger partial charge >= 0.3 is 5.76 Å². The summed E-state index contributed by atoms with van der Waals surface area (Å²) in [6.45, 7) is 0.889. The molecule has 2 heterocycles. The second kappa shape index (κ2) is 5.71. The molecule has 7 nitrogen and oxygen atoms in total. The number of hydrogen-bond donors (Lipinski definition) is 1. The Bertz CT molecular complexity index is 705. The number of aliphatic hydroxyl groups is 1. The van der Waals surface area contributed by atoms with Gasteiger partial charge in [-0.3, -0.25) is 9.36 Å². The standard InChI is InChI=1S/C14H16N2O5/c17-8-10-9-20-6-5-15(10)13(18)7-16-11-3-1-2-4-12(11)21-14(16)19/h1-4,10,17H,5-9H2. The molecular weight excluding hydrogens is 276 g/mol. The quantitative estimate of drug-likeness (QED) is 0.848. The van der Waals surface area contributed by atoms with E-state index < -0.39 is 5.76 Å². The molecule has 0 aliphatic carbocycles. The minimum absolute atomic E-state index is 0.105. The van der Waals surface area contributed by atoms with E-state index >= 15 is 0 Å². The lowest BCUT2D eigenvalue weighted by Crippen LogP contribution is -2.51. The molecule has 0 saturated carbocycles. The van der Waals surface area contributed by atoms with Crippen LogP contribution in [0, 0.1) is 0 Å². The van der Waals surface area contributed by atoms with Crippen molar-refractivity contribution in [3.8, 4) is 0 Å². The Hall–Kier alpha value is -2.12. The first kappa shape index (κ1) is 13.8. The summed E-state index contributed by atoms with van der Waals surface area (Å²) >= 11 is 0. The number of oxazole rings is 1. The van der Waals surface area contributed by atoms with Gasteiger partial charge in [-0.25, -0.2) is 4.79 Å². The lowest BCUT2D eigenvalue weighted by molar-refractivity contribution is -0.142. The molecule has 0 spiro atoms. The van der Waals surface area contributed by atoms with Crippen LogP contribution in [0.5, 0.6) is 0 Å². The van der Waals surface area contributed by atoms with Crippen LogP contribution in [0.2, 0.25) is 0 Å². The van der Waals surface area contributed by atoms with E-state index in [1.807, 2.05) is 0 Å². The maximum absolute atomic E-state index is 12.4. The van der Waals surface area contributed by atoms with Crippen LogP contribution in [0.1, 0.15) is 0 Å². The van der Waals surface area contributed by atoms with Crippen LogP contribution in [0.25, 0.3) is 11.1 Å². The van der Waals surface area contributed by atoms with Crippen LogP contribution in [-0.4, -0.2) is 52.9 Å². The number of morpholine rings is 1. The molecule has 2 aromatic rings. The normalized spacial score (nSPS) is 19.1. The Kier molecular flexibility index (Phi) is 3.76. The topological polar surface area (TPSA) is 84.9 Å². The van der Waals surface area contributed by atoms with Gasteiger partial charge in [0.2, 0.25) is 5.91 Å². The molecule has 1 unspecified atom stereocenters. The number of carbonyl (C=O) groups is 1. The van der Waals surface area contributed by atoms with Gasteiger partial charge < -0.3 is 19.2 Å². The molecule has 0 radical (unpaired) electrons. The Morgan fingerprint density at radius 3 is 3.00 bits per heavy atom. The van der Waals surface area contributed by atoms with Crippen LogP contribution in [0.3, 0.4) is 0 Å². The van der Waals surface area contributed by atoms with Crippen molar-refractivity contribution in [3.63, 3.8) is 0 Å². The summed E-state index contributed by atoms with van der Waals surface area (Å²) in [4.78, 5) is 25.8. The fourth-order valence-electron chi connectivity index (χ4n) is 2.52. The fourth-order valence-corrected chi connectivity index (χ4v) is 2.52. The molecule has 1 aromatic carbocycles. The van der Waals surface area contributed by atoms with Gasteiger partial charge in [0.1, 0.15) is 6.54 Å². The zero-order chi connectivity index (χ0) is 14.8. The number of benzene rings is 1. The van der Waals surface area contributed by atoms with Gasteiger partial charge in [0.05, 0.1) is 31.4 Å². The molecule has 0 bridgehead atoms. The maximum Gasteiger partial charge on any atom is 0.420 e. The molecule has 7 heteroatoms. The Morgan fingerprint density at radius 1 is 1.38 bits per heavy atom. The van der Waals surface area contributed by atoms with Crippen molar-refractivity contribution in [2.75, 3.05) is 26.4 Å². The van der Waals surface area contributed by atoms with E-state index in [9.17, 15) is 14.7 Å². The highest BCUT2D eigenvalue weighted by Crippen LogP contribution is 2.13. The van der Waals surface area contributed by atoms with Gasteiger partial charge in [-0.1, -0.05) is 12.1 Å². The number of amides is 1. The number of ether oxygens (including phenoxy) is 1. The van der Waals surface area contributed by atoms with Gasteiger partial charge in [0, 0.05) is 6.54 Å². The Labute approximate surface area is 120 Å².